The minimum absolute atomic E-state index is 0.0949. The molecular formula is C31H33N7O5. The van der Waals surface area contributed by atoms with Crippen LogP contribution in [0.3, 0.4) is 0 Å². The molecule has 1 unspecified atom stereocenters. The number of nitrogen functional groups attached to an aromatic ring is 2. The van der Waals surface area contributed by atoms with Crippen molar-refractivity contribution in [1.82, 2.24) is 20.0 Å². The summed E-state index contributed by atoms with van der Waals surface area (Å²) in [5.41, 5.74) is 16.3. The van der Waals surface area contributed by atoms with E-state index in [-0.39, 0.29) is 36.2 Å². The van der Waals surface area contributed by atoms with Crippen molar-refractivity contribution in [3.05, 3.63) is 88.1 Å². The van der Waals surface area contributed by atoms with Crippen LogP contribution in [0.25, 0.3) is 6.08 Å². The average molecular weight is 584 g/mol. The van der Waals surface area contributed by atoms with Crippen molar-refractivity contribution >= 4 is 35.9 Å². The molecule has 0 bridgehead atoms. The van der Waals surface area contributed by atoms with Gasteiger partial charge in [-0.1, -0.05) is 30.3 Å². The van der Waals surface area contributed by atoms with E-state index in [9.17, 15) is 14.8 Å². The largest absolute Gasteiger partial charge is 0.493 e. The SMILES string of the molecule is COc1cc(Cc2cnc(N)nc2N)cc(C=CC(=O)N2N=Cc3ccccc3C2CCC=C2CCN(O)C2=O)c1OC. The van der Waals surface area contributed by atoms with Crippen LogP contribution in [0, 0.1) is 0 Å². The molecule has 1 fully saturated rings. The van der Waals surface area contributed by atoms with Crippen molar-refractivity contribution in [2.75, 3.05) is 32.2 Å². The van der Waals surface area contributed by atoms with E-state index < -0.39 is 0 Å². The van der Waals surface area contributed by atoms with Gasteiger partial charge in [-0.3, -0.25) is 14.8 Å². The smallest absolute Gasteiger partial charge is 0.272 e. The fourth-order valence-corrected chi connectivity index (χ4v) is 5.27. The number of amides is 2. The van der Waals surface area contributed by atoms with Gasteiger partial charge in [-0.05, 0) is 54.2 Å². The molecule has 3 heterocycles. The van der Waals surface area contributed by atoms with Gasteiger partial charge in [0.05, 0.1) is 33.0 Å². The van der Waals surface area contributed by atoms with Crippen LogP contribution >= 0.6 is 0 Å². The lowest BCUT2D eigenvalue weighted by molar-refractivity contribution is -0.154. The molecule has 3 aromatic rings. The van der Waals surface area contributed by atoms with Crippen molar-refractivity contribution in [3.8, 4) is 11.5 Å². The number of hydrogen-bond donors (Lipinski definition) is 3. The van der Waals surface area contributed by atoms with E-state index in [1.54, 1.807) is 18.5 Å². The molecule has 2 aromatic carbocycles. The molecule has 222 valence electrons. The molecular weight excluding hydrogens is 550 g/mol. The van der Waals surface area contributed by atoms with Crippen molar-refractivity contribution in [3.63, 3.8) is 0 Å². The Morgan fingerprint density at radius 2 is 2.00 bits per heavy atom. The number of benzene rings is 2. The van der Waals surface area contributed by atoms with Gasteiger partial charge in [0.1, 0.15) is 5.82 Å². The number of methoxy groups -OCH3 is 2. The topological polar surface area (TPSA) is 169 Å². The molecule has 0 spiro atoms. The Morgan fingerprint density at radius 3 is 2.72 bits per heavy atom. The number of ether oxygens (including phenoxy) is 2. The third kappa shape index (κ3) is 6.33. The summed E-state index contributed by atoms with van der Waals surface area (Å²) in [4.78, 5) is 33.8. The van der Waals surface area contributed by atoms with Gasteiger partial charge >= 0.3 is 0 Å². The first-order valence-corrected chi connectivity index (χ1v) is 13.7. The van der Waals surface area contributed by atoms with Gasteiger partial charge in [-0.25, -0.2) is 15.1 Å². The number of carbonyl (C=O) groups excluding carboxylic acids is 2. The van der Waals surface area contributed by atoms with E-state index in [0.717, 1.165) is 21.8 Å². The summed E-state index contributed by atoms with van der Waals surface area (Å²) in [5, 5.41) is 16.3. The monoisotopic (exact) mass is 583 g/mol. The summed E-state index contributed by atoms with van der Waals surface area (Å²) in [7, 11) is 3.07. The molecule has 12 heteroatoms. The molecule has 0 radical (unpaired) electrons. The number of nitrogens with zero attached hydrogens (tertiary/aromatic N) is 5. The zero-order chi connectivity index (χ0) is 30.5. The van der Waals surface area contributed by atoms with E-state index in [2.05, 4.69) is 15.1 Å². The lowest BCUT2D eigenvalue weighted by atomic mass is 9.94. The van der Waals surface area contributed by atoms with Crippen LogP contribution < -0.4 is 20.9 Å². The Labute approximate surface area is 248 Å². The lowest BCUT2D eigenvalue weighted by Gasteiger charge is -2.31. The third-order valence-electron chi connectivity index (χ3n) is 7.41. The predicted octanol–water partition coefficient (Wildman–Crippen LogP) is 3.51. The number of hydrazone groups is 1. The highest BCUT2D eigenvalue weighted by atomic mass is 16.5. The van der Waals surface area contributed by atoms with Crippen LogP contribution in [0.4, 0.5) is 11.8 Å². The first-order chi connectivity index (χ1) is 20.8. The first kappa shape index (κ1) is 29.3. The Bertz CT molecular complexity index is 1630. The third-order valence-corrected chi connectivity index (χ3v) is 7.41. The first-order valence-electron chi connectivity index (χ1n) is 13.7. The molecule has 1 saturated heterocycles. The van der Waals surface area contributed by atoms with Crippen molar-refractivity contribution in [2.24, 2.45) is 5.10 Å². The number of hydroxylamine groups is 2. The number of allylic oxidation sites excluding steroid dienone is 1. The fraction of sp³-hybridized carbons (Fsp3) is 0.258. The van der Waals surface area contributed by atoms with E-state index >= 15 is 0 Å². The average Bonchev–Trinajstić information content (AvgIpc) is 3.33. The minimum Gasteiger partial charge on any atom is -0.493 e. The zero-order valence-electron chi connectivity index (χ0n) is 23.9. The van der Waals surface area contributed by atoms with Crippen LogP contribution in [-0.4, -0.2) is 64.0 Å². The second-order valence-corrected chi connectivity index (χ2v) is 10.1. The zero-order valence-corrected chi connectivity index (χ0v) is 23.9. The summed E-state index contributed by atoms with van der Waals surface area (Å²) in [6.07, 6.45) is 10.2. The maximum Gasteiger partial charge on any atom is 0.272 e. The Morgan fingerprint density at radius 1 is 1.19 bits per heavy atom. The maximum atomic E-state index is 13.6. The normalized spacial score (nSPS) is 17.1. The van der Waals surface area contributed by atoms with Gasteiger partial charge in [-0.2, -0.15) is 10.1 Å². The molecule has 2 aliphatic heterocycles. The van der Waals surface area contributed by atoms with Crippen LogP contribution in [0.5, 0.6) is 11.5 Å². The Balaban J connectivity index is 1.40. The lowest BCUT2D eigenvalue weighted by Crippen LogP contribution is -2.32. The number of fused-ring (bicyclic) bond motifs is 1. The highest BCUT2D eigenvalue weighted by Gasteiger charge is 2.29. The molecule has 2 amide bonds. The van der Waals surface area contributed by atoms with Crippen LogP contribution in [0.1, 0.15) is 53.1 Å². The fourth-order valence-electron chi connectivity index (χ4n) is 5.27. The molecule has 0 saturated carbocycles. The standard InChI is InChI=1S/C31H33N7O5/c1-42-26-16-19(15-23-17-34-31(33)36-29(23)32)14-21(28(26)43-2)10-11-27(39)38-25(24-8-4-3-6-22(24)18-35-38)9-5-7-20-12-13-37(41)30(20)40/h3-4,6-8,10-11,14,16-18,25,41H,5,9,12-13,15H2,1-2H3,(H4,32,33,34,36). The maximum absolute atomic E-state index is 13.6. The van der Waals surface area contributed by atoms with Crippen molar-refractivity contribution in [1.29, 1.82) is 0 Å². The predicted molar refractivity (Wildman–Crippen MR) is 161 cm³/mol. The number of aromatic nitrogens is 2. The molecule has 5 rings (SSSR count). The van der Waals surface area contributed by atoms with Gasteiger partial charge in [0.15, 0.2) is 11.5 Å². The van der Waals surface area contributed by atoms with Crippen LogP contribution in [0.2, 0.25) is 0 Å². The highest BCUT2D eigenvalue weighted by Crippen LogP contribution is 2.36. The van der Waals surface area contributed by atoms with Gasteiger partial charge < -0.3 is 20.9 Å². The Kier molecular flexibility index (Phi) is 8.67. The molecule has 1 aromatic heterocycles. The van der Waals surface area contributed by atoms with Gasteiger partial charge in [0.25, 0.3) is 11.8 Å². The number of carbonyl (C=O) groups is 2. The number of rotatable bonds is 9. The summed E-state index contributed by atoms with van der Waals surface area (Å²) < 4.78 is 11.2. The summed E-state index contributed by atoms with van der Waals surface area (Å²) in [5.74, 6) is 0.621. The second kappa shape index (κ2) is 12.7. The van der Waals surface area contributed by atoms with E-state index in [4.69, 9.17) is 20.9 Å². The molecule has 12 nitrogen and oxygen atoms in total. The summed E-state index contributed by atoms with van der Waals surface area (Å²) in [6, 6.07) is 11.1. The van der Waals surface area contributed by atoms with Crippen LogP contribution in [0.15, 0.2) is 65.4 Å². The number of nitrogens with two attached hydrogens (primary N) is 2. The van der Waals surface area contributed by atoms with Crippen molar-refractivity contribution < 1.29 is 24.3 Å². The molecule has 2 aliphatic rings. The second-order valence-electron chi connectivity index (χ2n) is 10.1. The molecule has 5 N–H and O–H groups in total. The summed E-state index contributed by atoms with van der Waals surface area (Å²) in [6.45, 7) is 0.285. The van der Waals surface area contributed by atoms with Crippen molar-refractivity contribution in [2.45, 2.75) is 31.7 Å². The van der Waals surface area contributed by atoms with Gasteiger partial charge in [0, 0.05) is 35.4 Å². The molecule has 1 atom stereocenters. The summed E-state index contributed by atoms with van der Waals surface area (Å²) >= 11 is 0. The van der Waals surface area contributed by atoms with E-state index in [1.807, 2.05) is 42.5 Å². The quantitative estimate of drug-likeness (QED) is 0.252. The molecule has 0 aliphatic carbocycles. The number of hydrogen-bond acceptors (Lipinski definition) is 10. The number of anilines is 2. The minimum atomic E-state index is -0.379. The highest BCUT2D eigenvalue weighted by molar-refractivity contribution is 5.95. The van der Waals surface area contributed by atoms with Crippen LogP contribution in [-0.2, 0) is 16.0 Å². The van der Waals surface area contributed by atoms with Gasteiger partial charge in [-0.15, -0.1) is 0 Å². The van der Waals surface area contributed by atoms with E-state index in [0.29, 0.717) is 53.9 Å². The van der Waals surface area contributed by atoms with E-state index in [1.165, 1.54) is 25.3 Å². The molecule has 43 heavy (non-hydrogen) atoms. The van der Waals surface area contributed by atoms with Gasteiger partial charge in [0.2, 0.25) is 5.95 Å². The Hall–Kier alpha value is -5.23.